The Morgan fingerprint density at radius 3 is 2.12 bits per heavy atom. The van der Waals surface area contributed by atoms with Crippen molar-refractivity contribution in [2.24, 2.45) is 0 Å². The number of carbonyl (C=O) groups excluding carboxylic acids is 1. The molecule has 0 aliphatic carbocycles. The van der Waals surface area contributed by atoms with Gasteiger partial charge in [-0.2, -0.15) is 0 Å². The van der Waals surface area contributed by atoms with Crippen molar-refractivity contribution in [1.29, 1.82) is 0 Å². The molecule has 0 spiro atoms. The van der Waals surface area contributed by atoms with E-state index in [9.17, 15) is 26.7 Å². The predicted molar refractivity (Wildman–Crippen MR) is 107 cm³/mol. The van der Waals surface area contributed by atoms with Crippen molar-refractivity contribution >= 4 is 22.7 Å². The molecule has 0 radical (unpaired) electrons. The molecule has 1 heterocycles. The van der Waals surface area contributed by atoms with Gasteiger partial charge >= 0.3 is 0 Å². The Kier molecular flexibility index (Phi) is 5.62. The number of rotatable bonds is 5. The summed E-state index contributed by atoms with van der Waals surface area (Å²) in [6.07, 6.45) is 0. The van der Waals surface area contributed by atoms with Crippen LogP contribution in [0.25, 0.3) is 22.6 Å². The van der Waals surface area contributed by atoms with Crippen molar-refractivity contribution in [3.8, 4) is 23.0 Å². The van der Waals surface area contributed by atoms with E-state index in [0.29, 0.717) is 11.5 Å². The van der Waals surface area contributed by atoms with Crippen LogP contribution in [0.2, 0.25) is 0 Å². The molecule has 0 fully saturated rings. The van der Waals surface area contributed by atoms with Crippen LogP contribution in [-0.2, 0) is 0 Å². The van der Waals surface area contributed by atoms with Crippen molar-refractivity contribution in [3.05, 3.63) is 71.0 Å². The number of hydrogen-bond acceptors (Lipinski definition) is 5. The van der Waals surface area contributed by atoms with Gasteiger partial charge in [0.15, 0.2) is 40.4 Å². The number of carbonyl (C=O) groups is 1. The van der Waals surface area contributed by atoms with Crippen molar-refractivity contribution < 1.29 is 40.6 Å². The molecule has 170 valence electrons. The molecule has 4 aromatic rings. The highest BCUT2D eigenvalue weighted by Crippen LogP contribution is 2.34. The fourth-order valence-corrected chi connectivity index (χ4v) is 3.09. The third-order valence-electron chi connectivity index (χ3n) is 4.71. The van der Waals surface area contributed by atoms with E-state index in [1.54, 1.807) is 6.07 Å². The topological polar surface area (TPSA) is 73.6 Å². The molecule has 11 heteroatoms. The molecule has 1 aromatic heterocycles. The number of halogens is 5. The summed E-state index contributed by atoms with van der Waals surface area (Å²) in [6, 6.07) is 8.56. The Morgan fingerprint density at radius 1 is 0.848 bits per heavy atom. The zero-order chi connectivity index (χ0) is 23.9. The first kappa shape index (κ1) is 22.1. The van der Waals surface area contributed by atoms with Crippen LogP contribution in [0.1, 0.15) is 10.4 Å². The molecule has 0 atom stereocenters. The lowest BCUT2D eigenvalue weighted by atomic mass is 10.1. The molecule has 4 rings (SSSR count). The predicted octanol–water partition coefficient (Wildman–Crippen LogP) is 5.46. The van der Waals surface area contributed by atoms with E-state index in [-0.39, 0.29) is 22.4 Å². The van der Waals surface area contributed by atoms with Crippen LogP contribution >= 0.6 is 0 Å². The average molecular weight is 464 g/mol. The Bertz CT molecular complexity index is 1370. The fourth-order valence-electron chi connectivity index (χ4n) is 3.09. The van der Waals surface area contributed by atoms with Crippen molar-refractivity contribution in [2.45, 2.75) is 0 Å². The second-order valence-corrected chi connectivity index (χ2v) is 6.67. The second-order valence-electron chi connectivity index (χ2n) is 6.67. The van der Waals surface area contributed by atoms with Gasteiger partial charge in [0.1, 0.15) is 11.1 Å². The fraction of sp³-hybridized carbons (Fsp3) is 0.0909. The molecule has 1 N–H and O–H groups in total. The Morgan fingerprint density at radius 2 is 1.48 bits per heavy atom. The summed E-state index contributed by atoms with van der Waals surface area (Å²) in [6.45, 7) is 0. The van der Waals surface area contributed by atoms with Gasteiger partial charge < -0.3 is 19.2 Å². The number of nitrogens with zero attached hydrogens (tertiary/aromatic N) is 1. The van der Waals surface area contributed by atoms with Crippen LogP contribution in [0.4, 0.5) is 27.6 Å². The second kappa shape index (κ2) is 8.41. The maximum absolute atomic E-state index is 14.1. The molecule has 0 aliphatic rings. The number of aromatic nitrogens is 1. The van der Waals surface area contributed by atoms with E-state index in [1.165, 1.54) is 44.6 Å². The van der Waals surface area contributed by atoms with Gasteiger partial charge in [-0.25, -0.2) is 26.9 Å². The van der Waals surface area contributed by atoms with E-state index in [0.717, 1.165) is 0 Å². The minimum atomic E-state index is -2.29. The summed E-state index contributed by atoms with van der Waals surface area (Å²) < 4.78 is 83.9. The Labute approximate surface area is 182 Å². The summed E-state index contributed by atoms with van der Waals surface area (Å²) in [7, 11) is 2.87. The number of nitrogens with one attached hydrogen (secondary N) is 1. The SMILES string of the molecule is COc1ccc(C(=O)Nc2ccc3oc(-c4c(F)c(F)c(F)c(F)c4F)nc3c2)cc1OC. The first-order valence-corrected chi connectivity index (χ1v) is 9.21. The van der Waals surface area contributed by atoms with Crippen LogP contribution in [0, 0.1) is 29.1 Å². The summed E-state index contributed by atoms with van der Waals surface area (Å²) in [5, 5.41) is 2.60. The molecular weight excluding hydrogens is 451 g/mol. The lowest BCUT2D eigenvalue weighted by molar-refractivity contribution is 0.102. The quantitative estimate of drug-likeness (QED) is 0.241. The highest BCUT2D eigenvalue weighted by Gasteiger charge is 2.29. The van der Waals surface area contributed by atoms with Gasteiger partial charge in [-0.3, -0.25) is 4.79 Å². The molecule has 3 aromatic carbocycles. The molecule has 0 aliphatic heterocycles. The number of fused-ring (bicyclic) bond motifs is 1. The van der Waals surface area contributed by atoms with Gasteiger partial charge in [-0.1, -0.05) is 0 Å². The zero-order valence-corrected chi connectivity index (χ0v) is 16.9. The molecular formula is C22H13F5N2O4. The first-order valence-electron chi connectivity index (χ1n) is 9.21. The molecule has 0 saturated heterocycles. The maximum atomic E-state index is 14.1. The number of anilines is 1. The van der Waals surface area contributed by atoms with E-state index in [1.807, 2.05) is 0 Å². The van der Waals surface area contributed by atoms with Crippen molar-refractivity contribution in [1.82, 2.24) is 4.98 Å². The molecule has 0 saturated carbocycles. The molecule has 0 bridgehead atoms. The molecule has 0 unspecified atom stereocenters. The van der Waals surface area contributed by atoms with Gasteiger partial charge in [-0.05, 0) is 36.4 Å². The molecule has 6 nitrogen and oxygen atoms in total. The number of hydrogen-bond donors (Lipinski definition) is 1. The smallest absolute Gasteiger partial charge is 0.255 e. The standard InChI is InChI=1S/C22H13F5N2O4/c1-31-13-5-3-9(7-14(13)32-2)21(30)28-10-4-6-12-11(8-10)29-22(33-12)15-16(23)18(25)20(27)19(26)17(15)24/h3-8H,1-2H3,(H,28,30). The summed E-state index contributed by atoms with van der Waals surface area (Å²) in [4.78, 5) is 16.4. The van der Waals surface area contributed by atoms with Gasteiger partial charge in [0.25, 0.3) is 5.91 Å². The van der Waals surface area contributed by atoms with Crippen LogP contribution in [0.15, 0.2) is 40.8 Å². The van der Waals surface area contributed by atoms with Crippen molar-refractivity contribution in [2.75, 3.05) is 19.5 Å². The lowest BCUT2D eigenvalue weighted by Gasteiger charge is -2.10. The third kappa shape index (κ3) is 3.81. The average Bonchev–Trinajstić information content (AvgIpc) is 3.23. The van der Waals surface area contributed by atoms with E-state index in [4.69, 9.17) is 13.9 Å². The monoisotopic (exact) mass is 464 g/mol. The maximum Gasteiger partial charge on any atom is 0.255 e. The van der Waals surface area contributed by atoms with Crippen LogP contribution in [0.3, 0.4) is 0 Å². The lowest BCUT2D eigenvalue weighted by Crippen LogP contribution is -2.12. The van der Waals surface area contributed by atoms with Crippen molar-refractivity contribution in [3.63, 3.8) is 0 Å². The zero-order valence-electron chi connectivity index (χ0n) is 16.9. The van der Waals surface area contributed by atoms with Gasteiger partial charge in [0.2, 0.25) is 11.7 Å². The summed E-state index contributed by atoms with van der Waals surface area (Å²) in [5.74, 6) is -11.2. The minimum absolute atomic E-state index is 0.00180. The minimum Gasteiger partial charge on any atom is -0.493 e. The molecule has 1 amide bonds. The number of amides is 1. The van der Waals surface area contributed by atoms with Gasteiger partial charge in [0, 0.05) is 11.3 Å². The number of oxazole rings is 1. The normalized spacial score (nSPS) is 11.0. The van der Waals surface area contributed by atoms with E-state index in [2.05, 4.69) is 10.3 Å². The Balaban J connectivity index is 1.67. The van der Waals surface area contributed by atoms with Crippen LogP contribution in [-0.4, -0.2) is 25.1 Å². The Hall–Kier alpha value is -4.15. The molecule has 33 heavy (non-hydrogen) atoms. The third-order valence-corrected chi connectivity index (χ3v) is 4.71. The number of methoxy groups -OCH3 is 2. The largest absolute Gasteiger partial charge is 0.493 e. The highest BCUT2D eigenvalue weighted by molar-refractivity contribution is 6.05. The highest BCUT2D eigenvalue weighted by atomic mass is 19.2. The van der Waals surface area contributed by atoms with E-state index >= 15 is 0 Å². The van der Waals surface area contributed by atoms with Crippen LogP contribution < -0.4 is 14.8 Å². The van der Waals surface area contributed by atoms with Gasteiger partial charge in [-0.15, -0.1) is 0 Å². The van der Waals surface area contributed by atoms with Crippen LogP contribution in [0.5, 0.6) is 11.5 Å². The van der Waals surface area contributed by atoms with E-state index < -0.39 is 46.4 Å². The summed E-state index contributed by atoms with van der Waals surface area (Å²) >= 11 is 0. The van der Waals surface area contributed by atoms with Gasteiger partial charge in [0.05, 0.1) is 14.2 Å². The number of ether oxygens (including phenoxy) is 2. The first-order chi connectivity index (χ1) is 15.7. The summed E-state index contributed by atoms with van der Waals surface area (Å²) in [5.41, 5.74) is -0.801. The number of benzene rings is 3.